The van der Waals surface area contributed by atoms with E-state index < -0.39 is 14.2 Å². The molecule has 1 aromatic carbocycles. The van der Waals surface area contributed by atoms with Gasteiger partial charge in [0.05, 0.1) is 8.07 Å². The Labute approximate surface area is 102 Å². The van der Waals surface area contributed by atoms with E-state index in [-0.39, 0.29) is 0 Å². The van der Waals surface area contributed by atoms with Crippen molar-refractivity contribution in [3.8, 4) is 0 Å². The molecule has 0 saturated carbocycles. The van der Waals surface area contributed by atoms with Crippen LogP contribution in [0.2, 0.25) is 19.1 Å². The predicted molar refractivity (Wildman–Crippen MR) is 72.3 cm³/mol. The highest BCUT2D eigenvalue weighted by Gasteiger charge is 2.22. The largest absolute Gasteiger partial charge is 0.401 e. The number of thiol groups is 1. The van der Waals surface area contributed by atoms with Crippen LogP contribution >= 0.6 is 12.6 Å². The number of nitrogens with one attached hydrogen (secondary N) is 1. The maximum atomic E-state index is 12.2. The SMILES string of the molecule is C[Si](C)(CCS)c1cccc(NC(=O)F)c1. The van der Waals surface area contributed by atoms with Crippen LogP contribution in [-0.2, 0) is 0 Å². The highest BCUT2D eigenvalue weighted by molar-refractivity contribution is 7.80. The van der Waals surface area contributed by atoms with Gasteiger partial charge in [-0.05, 0) is 23.9 Å². The summed E-state index contributed by atoms with van der Waals surface area (Å²) in [7, 11) is -1.51. The topological polar surface area (TPSA) is 29.1 Å². The number of benzene rings is 1. The van der Waals surface area contributed by atoms with Crippen LogP contribution in [-0.4, -0.2) is 20.0 Å². The Kier molecular flexibility index (Phi) is 4.55. The summed E-state index contributed by atoms with van der Waals surface area (Å²) in [5.74, 6) is 0.846. The van der Waals surface area contributed by atoms with Crippen LogP contribution < -0.4 is 10.5 Å². The first kappa shape index (κ1) is 13.3. The highest BCUT2D eigenvalue weighted by Crippen LogP contribution is 2.14. The number of halogens is 1. The Morgan fingerprint density at radius 3 is 2.75 bits per heavy atom. The maximum absolute atomic E-state index is 12.2. The van der Waals surface area contributed by atoms with Gasteiger partial charge in [-0.2, -0.15) is 12.6 Å². The number of carbonyl (C=O) groups is 1. The van der Waals surface area contributed by atoms with E-state index in [2.05, 4.69) is 31.0 Å². The van der Waals surface area contributed by atoms with Gasteiger partial charge in [-0.25, -0.2) is 4.79 Å². The van der Waals surface area contributed by atoms with E-state index in [4.69, 9.17) is 0 Å². The first-order chi connectivity index (χ1) is 7.45. The molecule has 0 heterocycles. The molecule has 1 amide bonds. The minimum Gasteiger partial charge on any atom is -0.298 e. The van der Waals surface area contributed by atoms with Gasteiger partial charge >= 0.3 is 6.16 Å². The highest BCUT2D eigenvalue weighted by atomic mass is 32.1. The van der Waals surface area contributed by atoms with Crippen LogP contribution in [0.15, 0.2) is 24.3 Å². The lowest BCUT2D eigenvalue weighted by molar-refractivity contribution is 0.235. The molecule has 0 aliphatic heterocycles. The smallest absolute Gasteiger partial charge is 0.298 e. The molecule has 2 nitrogen and oxygen atoms in total. The van der Waals surface area contributed by atoms with Gasteiger partial charge in [-0.1, -0.05) is 30.4 Å². The van der Waals surface area contributed by atoms with Gasteiger partial charge in [0.15, 0.2) is 0 Å². The molecule has 0 fully saturated rings. The second kappa shape index (κ2) is 5.50. The Balaban J connectivity index is 2.93. The molecule has 0 atom stereocenters. The average Bonchev–Trinajstić information content (AvgIpc) is 2.17. The summed E-state index contributed by atoms with van der Waals surface area (Å²) in [5.41, 5.74) is 0.518. The first-order valence-electron chi connectivity index (χ1n) is 5.13. The number of hydrogen-bond donors (Lipinski definition) is 2. The molecule has 16 heavy (non-hydrogen) atoms. The van der Waals surface area contributed by atoms with Crippen LogP contribution in [0, 0.1) is 0 Å². The fourth-order valence-corrected chi connectivity index (χ4v) is 5.17. The van der Waals surface area contributed by atoms with Crippen molar-refractivity contribution in [3.63, 3.8) is 0 Å². The zero-order chi connectivity index (χ0) is 12.2. The van der Waals surface area contributed by atoms with Crippen LogP contribution in [0.25, 0.3) is 0 Å². The summed E-state index contributed by atoms with van der Waals surface area (Å²) >= 11 is 4.25. The Hall–Kier alpha value is -0.813. The van der Waals surface area contributed by atoms with Gasteiger partial charge in [0.2, 0.25) is 0 Å². The average molecular weight is 257 g/mol. The normalized spacial score (nSPS) is 11.2. The summed E-state index contributed by atoms with van der Waals surface area (Å²) in [5, 5.41) is 3.36. The lowest BCUT2D eigenvalue weighted by Crippen LogP contribution is -2.41. The molecule has 0 saturated heterocycles. The van der Waals surface area contributed by atoms with E-state index >= 15 is 0 Å². The van der Waals surface area contributed by atoms with Gasteiger partial charge in [0, 0.05) is 5.69 Å². The van der Waals surface area contributed by atoms with Gasteiger partial charge < -0.3 is 0 Å². The Morgan fingerprint density at radius 2 is 2.19 bits per heavy atom. The number of carbonyl (C=O) groups excluding carboxylic acids is 1. The predicted octanol–water partition coefficient (Wildman–Crippen LogP) is 3.03. The minimum absolute atomic E-state index is 0.518. The number of rotatable bonds is 4. The molecule has 0 bridgehead atoms. The van der Waals surface area contributed by atoms with Gasteiger partial charge in [-0.15, -0.1) is 4.39 Å². The lowest BCUT2D eigenvalue weighted by Gasteiger charge is -2.22. The zero-order valence-corrected chi connectivity index (χ0v) is 11.4. The fourth-order valence-electron chi connectivity index (χ4n) is 1.56. The monoisotopic (exact) mass is 257 g/mol. The quantitative estimate of drug-likeness (QED) is 0.369. The molecule has 0 spiro atoms. The van der Waals surface area contributed by atoms with Crippen molar-refractivity contribution < 1.29 is 9.18 Å². The van der Waals surface area contributed by atoms with Crippen LogP contribution in [0.5, 0.6) is 0 Å². The summed E-state index contributed by atoms with van der Waals surface area (Å²) in [6, 6.07) is 8.47. The molecule has 1 rings (SSSR count). The van der Waals surface area contributed by atoms with Crippen LogP contribution in [0.4, 0.5) is 14.9 Å². The van der Waals surface area contributed by atoms with Gasteiger partial charge in [-0.3, -0.25) is 5.32 Å². The molecule has 0 unspecified atom stereocenters. The number of anilines is 1. The summed E-state index contributed by atoms with van der Waals surface area (Å²) in [6.07, 6.45) is -1.52. The molecule has 88 valence electrons. The third kappa shape index (κ3) is 3.64. The maximum Gasteiger partial charge on any atom is 0.401 e. The van der Waals surface area contributed by atoms with Crippen molar-refractivity contribution in [2.24, 2.45) is 0 Å². The number of amides is 1. The van der Waals surface area contributed by atoms with Crippen molar-refractivity contribution in [2.45, 2.75) is 19.1 Å². The molecular formula is C11H16FNOSSi. The molecule has 0 aliphatic carbocycles. The number of hydrogen-bond acceptors (Lipinski definition) is 2. The summed E-state index contributed by atoms with van der Waals surface area (Å²) in [6.45, 7) is 4.47. The summed E-state index contributed by atoms with van der Waals surface area (Å²) < 4.78 is 12.2. The van der Waals surface area contributed by atoms with E-state index in [1.807, 2.05) is 18.2 Å². The molecule has 1 N–H and O–H groups in total. The first-order valence-corrected chi connectivity index (χ1v) is 8.97. The minimum atomic E-state index is -1.52. The second-order valence-electron chi connectivity index (χ2n) is 4.34. The zero-order valence-electron chi connectivity index (χ0n) is 9.46. The van der Waals surface area contributed by atoms with E-state index in [1.54, 1.807) is 6.07 Å². The Morgan fingerprint density at radius 1 is 1.50 bits per heavy atom. The molecule has 5 heteroatoms. The van der Waals surface area contributed by atoms with E-state index in [9.17, 15) is 9.18 Å². The standard InChI is InChI=1S/C11H16FNOSSi/c1-16(2,7-6-15)10-5-3-4-9(8-10)13-11(12)14/h3-5,8,15H,6-7H2,1-2H3,(H,13,14). The molecule has 0 radical (unpaired) electrons. The van der Waals surface area contributed by atoms with Crippen molar-refractivity contribution in [2.75, 3.05) is 11.1 Å². The van der Waals surface area contributed by atoms with Crippen molar-refractivity contribution in [1.29, 1.82) is 0 Å². The Bertz CT molecular complexity index is 384. The fraction of sp³-hybridized carbons (Fsp3) is 0.364. The van der Waals surface area contributed by atoms with Crippen LogP contribution in [0.1, 0.15) is 0 Å². The van der Waals surface area contributed by atoms with E-state index in [0.29, 0.717) is 5.69 Å². The lowest BCUT2D eigenvalue weighted by atomic mass is 10.3. The summed E-state index contributed by atoms with van der Waals surface area (Å²) in [4.78, 5) is 10.3. The molecule has 0 aromatic heterocycles. The van der Waals surface area contributed by atoms with Gasteiger partial charge in [0.1, 0.15) is 0 Å². The van der Waals surface area contributed by atoms with Crippen LogP contribution in [0.3, 0.4) is 0 Å². The third-order valence-electron chi connectivity index (χ3n) is 2.62. The third-order valence-corrected chi connectivity index (χ3v) is 6.64. The van der Waals surface area contributed by atoms with E-state index in [0.717, 1.165) is 11.8 Å². The van der Waals surface area contributed by atoms with E-state index in [1.165, 1.54) is 5.19 Å². The molecule has 0 aliphatic rings. The second-order valence-corrected chi connectivity index (χ2v) is 9.63. The van der Waals surface area contributed by atoms with Crippen molar-refractivity contribution in [1.82, 2.24) is 0 Å². The molecule has 1 aromatic rings. The molecular weight excluding hydrogens is 241 g/mol. The van der Waals surface area contributed by atoms with Crippen molar-refractivity contribution in [3.05, 3.63) is 24.3 Å². The van der Waals surface area contributed by atoms with Crippen molar-refractivity contribution >= 4 is 37.7 Å². The van der Waals surface area contributed by atoms with Gasteiger partial charge in [0.25, 0.3) is 0 Å².